The van der Waals surface area contributed by atoms with Gasteiger partial charge in [-0.25, -0.2) is 4.98 Å². The molecule has 3 aromatic rings. The zero-order valence-electron chi connectivity index (χ0n) is 19.4. The summed E-state index contributed by atoms with van der Waals surface area (Å²) in [4.78, 5) is 7.48. The molecule has 0 spiro atoms. The molecule has 2 aromatic carbocycles. The van der Waals surface area contributed by atoms with E-state index in [0.29, 0.717) is 6.61 Å². The van der Waals surface area contributed by atoms with Crippen LogP contribution in [0.25, 0.3) is 11.0 Å². The molecule has 0 radical (unpaired) electrons. The first-order valence-corrected chi connectivity index (χ1v) is 11.1. The summed E-state index contributed by atoms with van der Waals surface area (Å²) in [5.74, 6) is 0.873. The van der Waals surface area contributed by atoms with Gasteiger partial charge in [-0.05, 0) is 56.9 Å². The van der Waals surface area contributed by atoms with E-state index >= 15 is 0 Å². The molecule has 0 saturated carbocycles. The van der Waals surface area contributed by atoms with Gasteiger partial charge in [0.05, 0.1) is 23.3 Å². The lowest BCUT2D eigenvalue weighted by Gasteiger charge is -2.25. The number of aryl methyl sites for hydroxylation is 3. The van der Waals surface area contributed by atoms with E-state index in [1.807, 2.05) is 0 Å². The number of aromatic nitrogens is 2. The number of nitrogens with zero attached hydrogens (tertiary/aromatic N) is 3. The Morgan fingerprint density at radius 3 is 2.30 bits per heavy atom. The molecule has 5 heteroatoms. The van der Waals surface area contributed by atoms with Crippen LogP contribution in [0.3, 0.4) is 0 Å². The number of nitrogens with one attached hydrogen (secondary N) is 1. The Morgan fingerprint density at radius 2 is 1.70 bits per heavy atom. The summed E-state index contributed by atoms with van der Waals surface area (Å²) in [6.45, 7) is 14.4. The van der Waals surface area contributed by atoms with Crippen LogP contribution in [0.4, 0.5) is 17.3 Å². The maximum Gasteiger partial charge on any atom is 0.208 e. The molecule has 1 heterocycles. The van der Waals surface area contributed by atoms with Crippen molar-refractivity contribution in [2.24, 2.45) is 0 Å². The second kappa shape index (κ2) is 9.98. The van der Waals surface area contributed by atoms with Gasteiger partial charge in [0.1, 0.15) is 0 Å². The third-order valence-corrected chi connectivity index (χ3v) is 5.51. The van der Waals surface area contributed by atoms with E-state index < -0.39 is 0 Å². The number of methoxy groups -OCH3 is 1. The van der Waals surface area contributed by atoms with E-state index in [1.54, 1.807) is 7.11 Å². The van der Waals surface area contributed by atoms with E-state index in [4.69, 9.17) is 9.72 Å². The average Bonchev–Trinajstić information content (AvgIpc) is 3.06. The Kier molecular flexibility index (Phi) is 7.38. The molecule has 0 fully saturated rings. The van der Waals surface area contributed by atoms with Gasteiger partial charge in [0, 0.05) is 32.4 Å². The van der Waals surface area contributed by atoms with Crippen molar-refractivity contribution in [2.45, 2.75) is 54.0 Å². The number of para-hydroxylation sites is 1. The number of anilines is 3. The fraction of sp³-hybridized carbons (Fsp3) is 0.480. The summed E-state index contributed by atoms with van der Waals surface area (Å²) in [6, 6.07) is 10.9. The highest BCUT2D eigenvalue weighted by Crippen LogP contribution is 2.33. The summed E-state index contributed by atoms with van der Waals surface area (Å²) >= 11 is 0. The van der Waals surface area contributed by atoms with Crippen molar-refractivity contribution in [1.82, 2.24) is 9.55 Å². The summed E-state index contributed by atoms with van der Waals surface area (Å²) in [7, 11) is 1.75. The van der Waals surface area contributed by atoms with Gasteiger partial charge < -0.3 is 19.5 Å². The highest BCUT2D eigenvalue weighted by atomic mass is 16.5. The Labute approximate surface area is 181 Å². The number of rotatable bonds is 10. The molecule has 3 rings (SSSR count). The van der Waals surface area contributed by atoms with Crippen LogP contribution in [0.2, 0.25) is 0 Å². The van der Waals surface area contributed by atoms with Gasteiger partial charge >= 0.3 is 0 Å². The van der Waals surface area contributed by atoms with E-state index in [2.05, 4.69) is 79.7 Å². The highest BCUT2D eigenvalue weighted by Gasteiger charge is 2.18. The number of imidazole rings is 1. The molecule has 0 amide bonds. The second-order valence-electron chi connectivity index (χ2n) is 8.11. The van der Waals surface area contributed by atoms with Crippen LogP contribution in [0, 0.1) is 20.8 Å². The lowest BCUT2D eigenvalue weighted by atomic mass is 10.1. The van der Waals surface area contributed by atoms with Crippen LogP contribution >= 0.6 is 0 Å². The van der Waals surface area contributed by atoms with Crippen molar-refractivity contribution in [1.29, 1.82) is 0 Å². The summed E-state index contributed by atoms with van der Waals surface area (Å²) in [6.07, 6.45) is 2.24. The van der Waals surface area contributed by atoms with Crippen molar-refractivity contribution in [3.8, 4) is 0 Å². The first-order valence-electron chi connectivity index (χ1n) is 11.1. The van der Waals surface area contributed by atoms with Gasteiger partial charge in [0.2, 0.25) is 5.95 Å². The van der Waals surface area contributed by atoms with Crippen molar-refractivity contribution in [2.75, 3.05) is 37.0 Å². The van der Waals surface area contributed by atoms with Crippen LogP contribution in [0.15, 0.2) is 30.3 Å². The minimum atomic E-state index is 0.641. The molecule has 1 N–H and O–H groups in total. The summed E-state index contributed by atoms with van der Waals surface area (Å²) in [5.41, 5.74) is 8.33. The number of benzene rings is 2. The third-order valence-electron chi connectivity index (χ3n) is 5.51. The molecule has 0 saturated heterocycles. The molecular formula is C25H36N4O. The lowest BCUT2D eigenvalue weighted by Crippen LogP contribution is -2.25. The number of ether oxygens (including phenoxy) is 1. The molecule has 0 atom stereocenters. The first-order chi connectivity index (χ1) is 14.5. The molecule has 0 aliphatic rings. The molecule has 0 aliphatic carbocycles. The summed E-state index contributed by atoms with van der Waals surface area (Å²) < 4.78 is 7.72. The fourth-order valence-corrected chi connectivity index (χ4v) is 4.30. The van der Waals surface area contributed by atoms with E-state index in [1.165, 1.54) is 27.9 Å². The number of fused-ring (bicyclic) bond motifs is 1. The molecule has 0 bridgehead atoms. The van der Waals surface area contributed by atoms with Crippen LogP contribution in [0.1, 0.15) is 43.4 Å². The van der Waals surface area contributed by atoms with Gasteiger partial charge in [-0.1, -0.05) is 37.6 Å². The molecule has 162 valence electrons. The van der Waals surface area contributed by atoms with Crippen molar-refractivity contribution in [3.05, 3.63) is 47.0 Å². The largest absolute Gasteiger partial charge is 0.383 e. The van der Waals surface area contributed by atoms with Crippen LogP contribution < -0.4 is 10.2 Å². The average molecular weight is 409 g/mol. The second-order valence-corrected chi connectivity index (χ2v) is 8.11. The standard InChI is InChI=1S/C25H36N4O/c1-7-12-28(13-8-2)22-11-9-10-21-24(22)29(14-15-30-6)25(26-21)27-23-19(4)16-18(3)17-20(23)5/h9-11,16-17H,7-8,12-15H2,1-6H3,(H,26,27). The zero-order chi connectivity index (χ0) is 21.7. The summed E-state index contributed by atoms with van der Waals surface area (Å²) in [5, 5.41) is 3.64. The molecule has 0 aliphatic heterocycles. The Bertz CT molecular complexity index is 963. The first kappa shape index (κ1) is 22.2. The van der Waals surface area contributed by atoms with Gasteiger partial charge in [-0.2, -0.15) is 0 Å². The third kappa shape index (κ3) is 4.62. The maximum atomic E-state index is 5.44. The monoisotopic (exact) mass is 408 g/mol. The van der Waals surface area contributed by atoms with Gasteiger partial charge in [0.15, 0.2) is 0 Å². The minimum absolute atomic E-state index is 0.641. The molecule has 1 aromatic heterocycles. The number of hydrogen-bond acceptors (Lipinski definition) is 4. The Hall–Kier alpha value is -2.53. The van der Waals surface area contributed by atoms with Crippen molar-refractivity contribution < 1.29 is 4.74 Å². The minimum Gasteiger partial charge on any atom is -0.383 e. The number of hydrogen-bond donors (Lipinski definition) is 1. The van der Waals surface area contributed by atoms with E-state index in [0.717, 1.165) is 49.6 Å². The van der Waals surface area contributed by atoms with Crippen LogP contribution in [-0.4, -0.2) is 36.4 Å². The topological polar surface area (TPSA) is 42.3 Å². The molecule has 30 heavy (non-hydrogen) atoms. The fourth-order valence-electron chi connectivity index (χ4n) is 4.30. The van der Waals surface area contributed by atoms with Gasteiger partial charge in [-0.3, -0.25) is 0 Å². The predicted molar refractivity (Wildman–Crippen MR) is 128 cm³/mol. The smallest absolute Gasteiger partial charge is 0.208 e. The van der Waals surface area contributed by atoms with E-state index in [9.17, 15) is 0 Å². The van der Waals surface area contributed by atoms with Crippen molar-refractivity contribution >= 4 is 28.4 Å². The lowest BCUT2D eigenvalue weighted by molar-refractivity contribution is 0.189. The van der Waals surface area contributed by atoms with Gasteiger partial charge in [0.25, 0.3) is 0 Å². The Morgan fingerprint density at radius 1 is 1.03 bits per heavy atom. The quantitative estimate of drug-likeness (QED) is 0.448. The van der Waals surface area contributed by atoms with Crippen LogP contribution in [0.5, 0.6) is 0 Å². The SMILES string of the molecule is CCCN(CCC)c1cccc2nc(Nc3c(C)cc(C)cc3C)n(CCOC)c12. The molecule has 5 nitrogen and oxygen atoms in total. The predicted octanol–water partition coefficient (Wildman–Crippen LogP) is 5.98. The Balaban J connectivity index is 2.14. The highest BCUT2D eigenvalue weighted by molar-refractivity contribution is 5.92. The normalized spacial score (nSPS) is 11.3. The maximum absolute atomic E-state index is 5.44. The van der Waals surface area contributed by atoms with Crippen molar-refractivity contribution in [3.63, 3.8) is 0 Å². The van der Waals surface area contributed by atoms with Gasteiger partial charge in [-0.15, -0.1) is 0 Å². The van der Waals surface area contributed by atoms with Crippen LogP contribution in [-0.2, 0) is 11.3 Å². The molecular weight excluding hydrogens is 372 g/mol. The van der Waals surface area contributed by atoms with E-state index in [-0.39, 0.29) is 0 Å². The molecule has 0 unspecified atom stereocenters. The zero-order valence-corrected chi connectivity index (χ0v) is 19.4.